The van der Waals surface area contributed by atoms with E-state index >= 15 is 0 Å². The van der Waals surface area contributed by atoms with Gasteiger partial charge in [0.25, 0.3) is 0 Å². The first kappa shape index (κ1) is 19.9. The summed E-state index contributed by atoms with van der Waals surface area (Å²) in [6, 6.07) is 0. The molecule has 0 aromatic heterocycles. The Balaban J connectivity index is 0. The molecule has 0 bridgehead atoms. The van der Waals surface area contributed by atoms with Crippen LogP contribution in [0.3, 0.4) is 0 Å². The molecule has 0 aliphatic heterocycles. The van der Waals surface area contributed by atoms with Gasteiger partial charge in [-0.1, -0.05) is 27.2 Å². The fraction of sp³-hybridized carbons (Fsp3) is 0.917. The molecule has 93 valence electrons. The molecule has 4 heteroatoms. The monoisotopic (exact) mass is 404 g/mol. The van der Waals surface area contributed by atoms with Crippen molar-refractivity contribution in [1.82, 2.24) is 0 Å². The molecule has 1 radical (unpaired) electrons. The molecule has 0 spiro atoms. The molecular weight excluding hydrogens is 381 g/mol. The van der Waals surface area contributed by atoms with E-state index in [2.05, 4.69) is 40.3 Å². The Hall–Kier alpha value is 1.53. The Kier molecular flexibility index (Phi) is 9.75. The Morgan fingerprint density at radius 3 is 2.19 bits per heavy atom. The van der Waals surface area contributed by atoms with Crippen molar-refractivity contribution in [1.29, 1.82) is 0 Å². The van der Waals surface area contributed by atoms with Gasteiger partial charge in [-0.15, -0.1) is 0 Å². The molecule has 0 aromatic carbocycles. The SMILES string of the molecule is CC(C)(C)[Si](C)(C)OC1C[CH]CCC1.[I-].[Zn]. The summed E-state index contributed by atoms with van der Waals surface area (Å²) in [6.45, 7) is 11.6. The normalized spacial score (nSPS) is 18.6. The molecule has 1 atom stereocenters. The van der Waals surface area contributed by atoms with E-state index in [9.17, 15) is 0 Å². The van der Waals surface area contributed by atoms with Crippen LogP contribution in [-0.2, 0) is 23.9 Å². The van der Waals surface area contributed by atoms with E-state index in [1.165, 1.54) is 25.7 Å². The molecule has 1 saturated carbocycles. The van der Waals surface area contributed by atoms with E-state index in [1.807, 2.05) is 0 Å². The third-order valence-electron chi connectivity index (χ3n) is 3.63. The van der Waals surface area contributed by atoms with Crippen LogP contribution < -0.4 is 24.0 Å². The molecule has 16 heavy (non-hydrogen) atoms. The number of hydrogen-bond donors (Lipinski definition) is 0. The van der Waals surface area contributed by atoms with Crippen molar-refractivity contribution >= 4 is 8.32 Å². The molecule has 0 aromatic rings. The Morgan fingerprint density at radius 2 is 1.81 bits per heavy atom. The first-order valence-electron chi connectivity index (χ1n) is 5.82. The molecule has 1 aliphatic carbocycles. The van der Waals surface area contributed by atoms with Crippen LogP contribution in [0.5, 0.6) is 0 Å². The average Bonchev–Trinajstić information content (AvgIpc) is 2.03. The smallest absolute Gasteiger partial charge is 0.192 e. The molecule has 0 heterocycles. The van der Waals surface area contributed by atoms with E-state index < -0.39 is 8.32 Å². The third-order valence-corrected chi connectivity index (χ3v) is 8.17. The van der Waals surface area contributed by atoms with Crippen LogP contribution in [0.25, 0.3) is 0 Å². The van der Waals surface area contributed by atoms with Crippen molar-refractivity contribution in [2.75, 3.05) is 0 Å². The van der Waals surface area contributed by atoms with Gasteiger partial charge in [-0.25, -0.2) is 0 Å². The summed E-state index contributed by atoms with van der Waals surface area (Å²) in [4.78, 5) is 0. The van der Waals surface area contributed by atoms with Gasteiger partial charge in [0.15, 0.2) is 8.32 Å². The molecule has 1 nitrogen and oxygen atoms in total. The first-order chi connectivity index (χ1) is 6.33. The fourth-order valence-electron chi connectivity index (χ4n) is 1.61. The quantitative estimate of drug-likeness (QED) is 0.495. The largest absolute Gasteiger partial charge is 1.00 e. The summed E-state index contributed by atoms with van der Waals surface area (Å²) < 4.78 is 6.35. The molecule has 1 fully saturated rings. The maximum Gasteiger partial charge on any atom is 0.192 e. The minimum atomic E-state index is -1.51. The second-order valence-electron chi connectivity index (χ2n) is 5.96. The number of hydrogen-bond acceptors (Lipinski definition) is 1. The Morgan fingerprint density at radius 1 is 1.25 bits per heavy atom. The van der Waals surface area contributed by atoms with Gasteiger partial charge in [0.2, 0.25) is 0 Å². The van der Waals surface area contributed by atoms with Crippen molar-refractivity contribution in [3.05, 3.63) is 6.42 Å². The van der Waals surface area contributed by atoms with Crippen molar-refractivity contribution in [2.24, 2.45) is 0 Å². The summed E-state index contributed by atoms with van der Waals surface area (Å²) in [6.07, 6.45) is 7.96. The van der Waals surface area contributed by atoms with E-state index in [4.69, 9.17) is 4.43 Å². The minimum Gasteiger partial charge on any atom is -1.00 e. The van der Waals surface area contributed by atoms with E-state index in [0.29, 0.717) is 11.1 Å². The zero-order chi connectivity index (χ0) is 10.8. The van der Waals surface area contributed by atoms with Gasteiger partial charge in [0, 0.05) is 25.6 Å². The summed E-state index contributed by atoms with van der Waals surface area (Å²) in [7, 11) is -1.51. The van der Waals surface area contributed by atoms with Crippen LogP contribution in [0.1, 0.15) is 46.5 Å². The van der Waals surface area contributed by atoms with Gasteiger partial charge < -0.3 is 28.4 Å². The van der Waals surface area contributed by atoms with Gasteiger partial charge in [-0.3, -0.25) is 0 Å². The Bertz CT molecular complexity index is 186. The second-order valence-corrected chi connectivity index (χ2v) is 10.7. The van der Waals surface area contributed by atoms with Crippen molar-refractivity contribution in [3.8, 4) is 0 Å². The van der Waals surface area contributed by atoms with Crippen molar-refractivity contribution in [3.63, 3.8) is 0 Å². The molecular formula is C12H25IOSiZn-. The van der Waals surface area contributed by atoms with Gasteiger partial charge in [-0.2, -0.15) is 0 Å². The van der Waals surface area contributed by atoms with Crippen LogP contribution in [0.15, 0.2) is 0 Å². The van der Waals surface area contributed by atoms with Crippen molar-refractivity contribution < 1.29 is 47.9 Å². The van der Waals surface area contributed by atoms with Gasteiger partial charge in [0.1, 0.15) is 0 Å². The molecule has 1 rings (SSSR count). The molecule has 0 amide bonds. The van der Waals surface area contributed by atoms with Gasteiger partial charge in [0.05, 0.1) is 0 Å². The van der Waals surface area contributed by atoms with Gasteiger partial charge >= 0.3 is 0 Å². The van der Waals surface area contributed by atoms with E-state index in [-0.39, 0.29) is 43.5 Å². The predicted octanol–water partition coefficient (Wildman–Crippen LogP) is 1.16. The molecule has 0 saturated heterocycles. The van der Waals surface area contributed by atoms with Crippen LogP contribution in [0, 0.1) is 6.42 Å². The summed E-state index contributed by atoms with van der Waals surface area (Å²) in [5, 5.41) is 0.352. The minimum absolute atomic E-state index is 0. The first-order valence-corrected chi connectivity index (χ1v) is 8.73. The molecule has 1 unspecified atom stereocenters. The van der Waals surface area contributed by atoms with E-state index in [0.717, 1.165) is 0 Å². The molecule has 1 aliphatic rings. The Labute approximate surface area is 132 Å². The average molecular weight is 406 g/mol. The summed E-state index contributed by atoms with van der Waals surface area (Å²) >= 11 is 0. The van der Waals surface area contributed by atoms with Crippen LogP contribution in [0.4, 0.5) is 0 Å². The van der Waals surface area contributed by atoms with E-state index in [1.54, 1.807) is 0 Å². The third kappa shape index (κ3) is 5.92. The maximum atomic E-state index is 6.35. The van der Waals surface area contributed by atoms with Crippen LogP contribution >= 0.6 is 0 Å². The molecule has 0 N–H and O–H groups in total. The second kappa shape index (κ2) is 7.85. The maximum absolute atomic E-state index is 6.35. The zero-order valence-corrected chi connectivity index (χ0v) is 17.6. The standard InChI is InChI=1S/C12H25OSi.HI.Zn/c1-12(2,3)14(4,5)13-11-9-7-6-8-10-11;;/h7,11H,6,8-10H2,1-5H3;1H;/p-1. The van der Waals surface area contributed by atoms with Crippen LogP contribution in [0.2, 0.25) is 18.1 Å². The van der Waals surface area contributed by atoms with Crippen molar-refractivity contribution in [2.45, 2.75) is 70.7 Å². The van der Waals surface area contributed by atoms with Gasteiger partial charge in [-0.05, 0) is 43.8 Å². The predicted molar refractivity (Wildman–Crippen MR) is 64.8 cm³/mol. The number of rotatable bonds is 2. The zero-order valence-electron chi connectivity index (χ0n) is 11.5. The fourth-order valence-corrected chi connectivity index (χ4v) is 3.01. The summed E-state index contributed by atoms with van der Waals surface area (Å²) in [5.74, 6) is 0. The topological polar surface area (TPSA) is 9.23 Å². The van der Waals surface area contributed by atoms with Crippen LogP contribution in [-0.4, -0.2) is 14.4 Å². The summed E-state index contributed by atoms with van der Waals surface area (Å²) in [5.41, 5.74) is 0. The number of halogens is 1.